The molecule has 5 nitrogen and oxygen atoms in total. The van der Waals surface area contributed by atoms with Crippen LogP contribution < -0.4 is 5.32 Å². The van der Waals surface area contributed by atoms with Crippen LogP contribution in [0.15, 0.2) is 48.5 Å². The summed E-state index contributed by atoms with van der Waals surface area (Å²) in [5, 5.41) is 2.72. The number of nitrogens with one attached hydrogen (secondary N) is 1. The molecule has 1 amide bonds. The van der Waals surface area contributed by atoms with E-state index in [1.54, 1.807) is 12.1 Å². The number of Topliss-reactive ketones (excluding diaryl/α,β-unsaturated/α-hetero) is 1. The second-order valence-electron chi connectivity index (χ2n) is 6.18. The predicted molar refractivity (Wildman–Crippen MR) is 99.0 cm³/mol. The van der Waals surface area contributed by atoms with E-state index in [0.29, 0.717) is 18.5 Å². The summed E-state index contributed by atoms with van der Waals surface area (Å²) in [5.41, 5.74) is 3.50. The monoisotopic (exact) mass is 353 g/mol. The molecule has 0 heterocycles. The van der Waals surface area contributed by atoms with E-state index >= 15 is 0 Å². The lowest BCUT2D eigenvalue weighted by molar-refractivity contribution is -0.141. The van der Waals surface area contributed by atoms with Gasteiger partial charge in [-0.2, -0.15) is 0 Å². The Morgan fingerprint density at radius 2 is 1.54 bits per heavy atom. The van der Waals surface area contributed by atoms with Gasteiger partial charge in [0.25, 0.3) is 0 Å². The first kappa shape index (κ1) is 19.4. The summed E-state index contributed by atoms with van der Waals surface area (Å²) in [6, 6.07) is 14.7. The number of aryl methyl sites for hydroxylation is 1. The number of ether oxygens (including phenoxy) is 1. The molecule has 2 aromatic carbocycles. The van der Waals surface area contributed by atoms with Crippen molar-refractivity contribution in [3.63, 3.8) is 0 Å². The molecule has 0 aromatic heterocycles. The molecule has 0 aliphatic carbocycles. The Morgan fingerprint density at radius 3 is 2.15 bits per heavy atom. The second kappa shape index (κ2) is 9.51. The van der Waals surface area contributed by atoms with E-state index in [9.17, 15) is 14.4 Å². The zero-order chi connectivity index (χ0) is 18.9. The van der Waals surface area contributed by atoms with E-state index in [0.717, 1.165) is 16.7 Å². The molecule has 0 bridgehead atoms. The molecule has 136 valence electrons. The van der Waals surface area contributed by atoms with Crippen LogP contribution in [0.4, 0.5) is 0 Å². The van der Waals surface area contributed by atoms with Gasteiger partial charge in [-0.1, -0.05) is 54.1 Å². The molecule has 2 rings (SSSR count). The van der Waals surface area contributed by atoms with Crippen LogP contribution in [0.1, 0.15) is 34.0 Å². The number of amides is 1. The third kappa shape index (κ3) is 6.51. The van der Waals surface area contributed by atoms with E-state index in [4.69, 9.17) is 4.74 Å². The van der Waals surface area contributed by atoms with Gasteiger partial charge in [0.2, 0.25) is 5.91 Å². The van der Waals surface area contributed by atoms with Crippen molar-refractivity contribution in [2.24, 2.45) is 0 Å². The minimum atomic E-state index is -0.422. The van der Waals surface area contributed by atoms with Crippen molar-refractivity contribution in [2.45, 2.75) is 26.7 Å². The van der Waals surface area contributed by atoms with Gasteiger partial charge in [-0.25, -0.2) is 0 Å². The molecular weight excluding hydrogens is 330 g/mol. The zero-order valence-electron chi connectivity index (χ0n) is 15.1. The van der Waals surface area contributed by atoms with Gasteiger partial charge in [-0.05, 0) is 24.5 Å². The molecule has 0 aliphatic rings. The average Bonchev–Trinajstić information content (AvgIpc) is 2.62. The van der Waals surface area contributed by atoms with Crippen LogP contribution in [0.25, 0.3) is 0 Å². The number of ketones is 1. The standard InChI is InChI=1S/C21H23NO4/c1-15-3-5-18(6-4-15)13-21(25)26-14-20(24)19-9-7-17(8-10-19)11-12-22-16(2)23/h3-10H,11-14H2,1-2H3,(H,22,23). The normalized spacial score (nSPS) is 10.2. The van der Waals surface area contributed by atoms with E-state index < -0.39 is 5.97 Å². The molecule has 0 atom stereocenters. The van der Waals surface area contributed by atoms with Crippen molar-refractivity contribution >= 4 is 17.7 Å². The fourth-order valence-corrected chi connectivity index (χ4v) is 2.39. The van der Waals surface area contributed by atoms with E-state index in [1.165, 1.54) is 6.92 Å². The van der Waals surface area contributed by atoms with Crippen molar-refractivity contribution in [1.82, 2.24) is 5.32 Å². The van der Waals surface area contributed by atoms with Gasteiger partial charge in [0.05, 0.1) is 6.42 Å². The van der Waals surface area contributed by atoms with Crippen molar-refractivity contribution < 1.29 is 19.1 Å². The maximum Gasteiger partial charge on any atom is 0.310 e. The van der Waals surface area contributed by atoms with Crippen LogP contribution in [-0.2, 0) is 27.2 Å². The van der Waals surface area contributed by atoms with Gasteiger partial charge in [-0.15, -0.1) is 0 Å². The molecule has 5 heteroatoms. The number of carbonyl (C=O) groups excluding carboxylic acids is 3. The SMILES string of the molecule is CC(=O)NCCc1ccc(C(=O)COC(=O)Cc2ccc(C)cc2)cc1. The predicted octanol–water partition coefficient (Wildman–Crippen LogP) is 2.64. The second-order valence-corrected chi connectivity index (χ2v) is 6.18. The fraction of sp³-hybridized carbons (Fsp3) is 0.286. The van der Waals surface area contributed by atoms with Crippen LogP contribution in [-0.4, -0.2) is 30.8 Å². The number of benzene rings is 2. The lowest BCUT2D eigenvalue weighted by Crippen LogP contribution is -2.22. The molecular formula is C21H23NO4. The Morgan fingerprint density at radius 1 is 0.923 bits per heavy atom. The smallest absolute Gasteiger partial charge is 0.310 e. The number of hydrogen-bond acceptors (Lipinski definition) is 4. The third-order valence-corrected chi connectivity index (χ3v) is 3.90. The highest BCUT2D eigenvalue weighted by Gasteiger charge is 2.11. The molecule has 0 fully saturated rings. The summed E-state index contributed by atoms with van der Waals surface area (Å²) < 4.78 is 5.08. The Balaban J connectivity index is 1.78. The average molecular weight is 353 g/mol. The lowest BCUT2D eigenvalue weighted by atomic mass is 10.1. The highest BCUT2D eigenvalue weighted by molar-refractivity contribution is 5.98. The minimum absolute atomic E-state index is 0.0655. The highest BCUT2D eigenvalue weighted by Crippen LogP contribution is 2.08. The largest absolute Gasteiger partial charge is 0.457 e. The summed E-state index contributed by atoms with van der Waals surface area (Å²) in [4.78, 5) is 34.8. The number of carbonyl (C=O) groups is 3. The molecule has 2 aromatic rings. The lowest BCUT2D eigenvalue weighted by Gasteiger charge is -2.06. The molecule has 26 heavy (non-hydrogen) atoms. The molecule has 1 N–H and O–H groups in total. The number of esters is 1. The Labute approximate surface area is 153 Å². The van der Waals surface area contributed by atoms with Gasteiger partial charge >= 0.3 is 5.97 Å². The molecule has 0 saturated carbocycles. The molecule has 0 aliphatic heterocycles. The van der Waals surface area contributed by atoms with Crippen LogP contribution in [0.2, 0.25) is 0 Å². The van der Waals surface area contributed by atoms with Crippen LogP contribution >= 0.6 is 0 Å². The minimum Gasteiger partial charge on any atom is -0.457 e. The Kier molecular flexibility index (Phi) is 7.09. The maximum absolute atomic E-state index is 12.1. The first-order valence-corrected chi connectivity index (χ1v) is 8.52. The summed E-state index contributed by atoms with van der Waals surface area (Å²) in [5.74, 6) is -0.728. The van der Waals surface area contributed by atoms with Crippen molar-refractivity contribution in [2.75, 3.05) is 13.2 Å². The van der Waals surface area contributed by atoms with E-state index in [-0.39, 0.29) is 24.7 Å². The summed E-state index contributed by atoms with van der Waals surface area (Å²) in [6.45, 7) is 3.74. The Bertz CT molecular complexity index is 764. The topological polar surface area (TPSA) is 72.5 Å². The van der Waals surface area contributed by atoms with Gasteiger partial charge < -0.3 is 10.1 Å². The molecule has 0 radical (unpaired) electrons. The van der Waals surface area contributed by atoms with Crippen LogP contribution in [0, 0.1) is 6.92 Å². The van der Waals surface area contributed by atoms with E-state index in [1.807, 2.05) is 43.3 Å². The molecule has 0 spiro atoms. The zero-order valence-corrected chi connectivity index (χ0v) is 15.1. The van der Waals surface area contributed by atoms with Gasteiger partial charge in [0.1, 0.15) is 0 Å². The van der Waals surface area contributed by atoms with Crippen molar-refractivity contribution in [3.8, 4) is 0 Å². The summed E-state index contributed by atoms with van der Waals surface area (Å²) in [6.07, 6.45) is 0.842. The summed E-state index contributed by atoms with van der Waals surface area (Å²) in [7, 11) is 0. The number of rotatable bonds is 8. The quantitative estimate of drug-likeness (QED) is 0.585. The van der Waals surface area contributed by atoms with Crippen LogP contribution in [0.3, 0.4) is 0 Å². The van der Waals surface area contributed by atoms with Crippen molar-refractivity contribution in [1.29, 1.82) is 0 Å². The Hall–Kier alpha value is -2.95. The van der Waals surface area contributed by atoms with Gasteiger partial charge in [-0.3, -0.25) is 14.4 Å². The fourth-order valence-electron chi connectivity index (χ4n) is 2.39. The first-order chi connectivity index (χ1) is 12.4. The van der Waals surface area contributed by atoms with Crippen molar-refractivity contribution in [3.05, 3.63) is 70.8 Å². The summed E-state index contributed by atoms with van der Waals surface area (Å²) >= 11 is 0. The van der Waals surface area contributed by atoms with Crippen LogP contribution in [0.5, 0.6) is 0 Å². The molecule has 0 unspecified atom stereocenters. The maximum atomic E-state index is 12.1. The van der Waals surface area contributed by atoms with Gasteiger partial charge in [0.15, 0.2) is 12.4 Å². The highest BCUT2D eigenvalue weighted by atomic mass is 16.5. The first-order valence-electron chi connectivity index (χ1n) is 8.52. The van der Waals surface area contributed by atoms with Gasteiger partial charge in [0, 0.05) is 19.0 Å². The van der Waals surface area contributed by atoms with E-state index in [2.05, 4.69) is 5.32 Å². The molecule has 0 saturated heterocycles. The third-order valence-electron chi connectivity index (χ3n) is 3.90. The number of hydrogen-bond donors (Lipinski definition) is 1.